The first-order valence-corrected chi connectivity index (χ1v) is 16.1. The molecule has 0 aliphatic heterocycles. The topological polar surface area (TPSA) is 60.8 Å². The van der Waals surface area contributed by atoms with Crippen molar-refractivity contribution in [3.05, 3.63) is 76.7 Å². The van der Waals surface area contributed by atoms with Crippen LogP contribution < -0.4 is 0 Å². The maximum Gasteiger partial charge on any atom is 0.393 e. The van der Waals surface area contributed by atoms with Gasteiger partial charge in [0, 0.05) is 34.6 Å². The van der Waals surface area contributed by atoms with Crippen molar-refractivity contribution in [2.75, 3.05) is 32.0 Å². The number of aryl methyl sites for hydroxylation is 1. The zero-order chi connectivity index (χ0) is 29.7. The number of fused-ring (bicyclic) bond motifs is 1. The molecule has 0 saturated heterocycles. The number of hydrogen-bond donors (Lipinski definition) is 2. The van der Waals surface area contributed by atoms with Gasteiger partial charge in [0.1, 0.15) is 5.75 Å². The molecule has 2 N–H and O–H groups in total. The molecule has 3 rings (SSSR count). The van der Waals surface area contributed by atoms with Gasteiger partial charge >= 0.3 is 6.18 Å². The molecular formula is C33H44F3NO3S. The van der Waals surface area contributed by atoms with Crippen LogP contribution in [0.5, 0.6) is 5.75 Å². The van der Waals surface area contributed by atoms with Crippen molar-refractivity contribution in [3.8, 4) is 5.75 Å². The number of halogens is 3. The van der Waals surface area contributed by atoms with E-state index in [4.69, 9.17) is 0 Å². The Morgan fingerprint density at radius 1 is 0.927 bits per heavy atom. The third-order valence-electron chi connectivity index (χ3n) is 7.58. The van der Waals surface area contributed by atoms with E-state index in [1.54, 1.807) is 6.07 Å². The number of aliphatic hydroxyl groups is 1. The molecular weight excluding hydrogens is 547 g/mol. The van der Waals surface area contributed by atoms with E-state index >= 15 is 0 Å². The number of phenolic OH excluding ortho intramolecular Hbond substituents is 1. The number of unbranched alkanes of at least 4 members (excludes halogenated alkanes) is 3. The summed E-state index contributed by atoms with van der Waals surface area (Å²) in [5, 5.41) is 19.3. The van der Waals surface area contributed by atoms with Crippen molar-refractivity contribution in [2.45, 2.75) is 76.8 Å². The van der Waals surface area contributed by atoms with Crippen LogP contribution in [-0.2, 0) is 17.2 Å². The molecule has 1 aliphatic rings. The highest BCUT2D eigenvalue weighted by molar-refractivity contribution is 7.88. The molecule has 1 atom stereocenters. The molecule has 0 bridgehead atoms. The van der Waals surface area contributed by atoms with E-state index in [-0.39, 0.29) is 17.3 Å². The van der Waals surface area contributed by atoms with Gasteiger partial charge in [-0.25, -0.2) is 0 Å². The molecule has 0 spiro atoms. The number of aliphatic hydroxyl groups excluding tert-OH is 1. The maximum atomic E-state index is 12.5. The van der Waals surface area contributed by atoms with Gasteiger partial charge in [-0.2, -0.15) is 13.2 Å². The van der Waals surface area contributed by atoms with Crippen LogP contribution in [0, 0.1) is 0 Å². The highest BCUT2D eigenvalue weighted by atomic mass is 32.2. The van der Waals surface area contributed by atoms with Crippen LogP contribution in [0.3, 0.4) is 0 Å². The van der Waals surface area contributed by atoms with Crippen LogP contribution >= 0.6 is 0 Å². The van der Waals surface area contributed by atoms with Gasteiger partial charge in [0.05, 0.1) is 6.42 Å². The van der Waals surface area contributed by atoms with Crippen molar-refractivity contribution in [1.82, 2.24) is 4.90 Å². The second-order valence-electron chi connectivity index (χ2n) is 10.8. The van der Waals surface area contributed by atoms with Crippen molar-refractivity contribution >= 4 is 21.9 Å². The number of alkyl halides is 3. The lowest BCUT2D eigenvalue weighted by Gasteiger charge is -2.22. The third-order valence-corrected chi connectivity index (χ3v) is 9.03. The van der Waals surface area contributed by atoms with Gasteiger partial charge in [-0.3, -0.25) is 4.21 Å². The number of aromatic hydroxyl groups is 1. The van der Waals surface area contributed by atoms with E-state index in [2.05, 4.69) is 41.8 Å². The van der Waals surface area contributed by atoms with Crippen molar-refractivity contribution in [3.63, 3.8) is 0 Å². The normalized spacial score (nSPS) is 14.7. The number of phenols is 1. The largest absolute Gasteiger partial charge is 0.508 e. The first-order chi connectivity index (χ1) is 19.7. The monoisotopic (exact) mass is 591 g/mol. The lowest BCUT2D eigenvalue weighted by Crippen LogP contribution is -2.29. The summed E-state index contributed by atoms with van der Waals surface area (Å²) in [6.45, 7) is 5.64. The van der Waals surface area contributed by atoms with Crippen LogP contribution in [0.25, 0.3) is 11.1 Å². The molecule has 226 valence electrons. The molecule has 0 saturated carbocycles. The molecule has 1 unspecified atom stereocenters. The summed E-state index contributed by atoms with van der Waals surface area (Å²) < 4.78 is 49.8. The van der Waals surface area contributed by atoms with Crippen molar-refractivity contribution in [2.24, 2.45) is 0 Å². The quantitative estimate of drug-likeness (QED) is 0.184. The molecule has 2 aromatic carbocycles. The van der Waals surface area contributed by atoms with E-state index in [9.17, 15) is 27.6 Å². The molecule has 0 amide bonds. The van der Waals surface area contributed by atoms with Gasteiger partial charge in [-0.05, 0) is 104 Å². The van der Waals surface area contributed by atoms with Gasteiger partial charge in [-0.1, -0.05) is 55.8 Å². The molecule has 0 heterocycles. The molecule has 0 aromatic heterocycles. The zero-order valence-electron chi connectivity index (χ0n) is 23.9. The zero-order valence-corrected chi connectivity index (χ0v) is 24.7. The Kier molecular flexibility index (Phi) is 13.6. The molecule has 8 heteroatoms. The summed E-state index contributed by atoms with van der Waals surface area (Å²) >= 11 is 0. The van der Waals surface area contributed by atoms with Gasteiger partial charge in [0.15, 0.2) is 0 Å². The lowest BCUT2D eigenvalue weighted by molar-refractivity contribution is -0.125. The second-order valence-corrected chi connectivity index (χ2v) is 12.5. The molecule has 4 nitrogen and oxygen atoms in total. The summed E-state index contributed by atoms with van der Waals surface area (Å²) in [6.07, 6.45) is 3.76. The number of hydrogen-bond acceptors (Lipinski definition) is 4. The molecule has 1 aliphatic carbocycles. The molecule has 0 fully saturated rings. The van der Waals surface area contributed by atoms with Crippen LogP contribution in [-0.4, -0.2) is 57.5 Å². The average molecular weight is 592 g/mol. The van der Waals surface area contributed by atoms with E-state index in [1.807, 2.05) is 12.1 Å². The van der Waals surface area contributed by atoms with Crippen LogP contribution in [0.4, 0.5) is 13.2 Å². The minimum Gasteiger partial charge on any atom is -0.508 e. The lowest BCUT2D eigenvalue weighted by atomic mass is 9.89. The fraction of sp³-hybridized carbons (Fsp3) is 0.515. The van der Waals surface area contributed by atoms with Crippen molar-refractivity contribution in [1.29, 1.82) is 0 Å². The number of allylic oxidation sites excluding steroid dienone is 3. The Labute approximate surface area is 245 Å². The maximum absolute atomic E-state index is 12.5. The predicted octanol–water partition coefficient (Wildman–Crippen LogP) is 7.88. The number of nitrogens with zero attached hydrogens (tertiary/aromatic N) is 1. The Balaban J connectivity index is 1.51. The Morgan fingerprint density at radius 2 is 1.63 bits per heavy atom. The standard InChI is InChI=1S/C33H44F3NO3S/c1-26(25-33(34,35)36)41(40)23-11-21-37(20-10-22-38)19-8-3-2-7-15-32-30(27-12-5-4-6-13-27)16-9-14-28-24-29(39)17-18-31(28)32/h4-6,12-13,17-18,24,38-39H,1-3,7-11,14-16,19-23,25H2. The molecule has 2 aromatic rings. The smallest absolute Gasteiger partial charge is 0.393 e. The summed E-state index contributed by atoms with van der Waals surface area (Å²) in [5.74, 6) is 0.484. The van der Waals surface area contributed by atoms with E-state index in [0.29, 0.717) is 31.7 Å². The molecule has 41 heavy (non-hydrogen) atoms. The fourth-order valence-electron chi connectivity index (χ4n) is 5.58. The first-order valence-electron chi connectivity index (χ1n) is 14.7. The third kappa shape index (κ3) is 11.4. The van der Waals surface area contributed by atoms with E-state index in [1.165, 1.54) is 27.8 Å². The second kappa shape index (κ2) is 16.9. The SMILES string of the molecule is C=C(CC(F)(F)F)S(=O)CCCN(CCCO)CCCCCCC1=C(c2ccccc2)CCCc2cc(O)ccc21. The van der Waals surface area contributed by atoms with E-state index < -0.39 is 23.4 Å². The number of benzene rings is 2. The average Bonchev–Trinajstić information content (AvgIpc) is 3.11. The van der Waals surface area contributed by atoms with Gasteiger partial charge < -0.3 is 15.1 Å². The Bertz CT molecular complexity index is 1160. The van der Waals surface area contributed by atoms with Gasteiger partial charge in [0.25, 0.3) is 0 Å². The summed E-state index contributed by atoms with van der Waals surface area (Å²) in [7, 11) is -1.69. The molecule has 0 radical (unpaired) electrons. The van der Waals surface area contributed by atoms with Crippen LogP contribution in [0.15, 0.2) is 60.0 Å². The van der Waals surface area contributed by atoms with Gasteiger partial charge in [0.2, 0.25) is 0 Å². The van der Waals surface area contributed by atoms with Gasteiger partial charge in [-0.15, -0.1) is 0 Å². The minimum atomic E-state index is -4.39. The predicted molar refractivity (Wildman–Crippen MR) is 163 cm³/mol. The Morgan fingerprint density at radius 3 is 2.37 bits per heavy atom. The Hall–Kier alpha value is -2.42. The first kappa shape index (κ1) is 33.1. The highest BCUT2D eigenvalue weighted by Crippen LogP contribution is 2.39. The van der Waals surface area contributed by atoms with Crippen molar-refractivity contribution < 1.29 is 27.6 Å². The summed E-state index contributed by atoms with van der Waals surface area (Å²) in [5.41, 5.74) is 6.53. The summed E-state index contributed by atoms with van der Waals surface area (Å²) in [4.78, 5) is 1.95. The van der Waals surface area contributed by atoms with Crippen LogP contribution in [0.2, 0.25) is 0 Å². The summed E-state index contributed by atoms with van der Waals surface area (Å²) in [6, 6.07) is 16.3. The highest BCUT2D eigenvalue weighted by Gasteiger charge is 2.30. The van der Waals surface area contributed by atoms with E-state index in [0.717, 1.165) is 57.9 Å². The van der Waals surface area contributed by atoms with Crippen LogP contribution in [0.1, 0.15) is 80.9 Å². The fourth-order valence-corrected chi connectivity index (χ4v) is 6.59. The number of rotatable bonds is 17. The minimum absolute atomic E-state index is 0.0862.